The predicted octanol–water partition coefficient (Wildman–Crippen LogP) is 1.98. The summed E-state index contributed by atoms with van der Waals surface area (Å²) in [7, 11) is 1.32. The van der Waals surface area contributed by atoms with Crippen molar-refractivity contribution in [1.82, 2.24) is 0 Å². The Labute approximate surface area is 87.3 Å². The number of anilines is 1. The Morgan fingerprint density at radius 1 is 1.53 bits per heavy atom. The third-order valence-corrected chi connectivity index (χ3v) is 1.76. The third kappa shape index (κ3) is 3.81. The van der Waals surface area contributed by atoms with Crippen molar-refractivity contribution in [1.29, 1.82) is 0 Å². The number of carbonyl (C=O) groups is 1. The number of rotatable bonds is 3. The Morgan fingerprint density at radius 2 is 2.27 bits per heavy atom. The molecule has 0 aromatic heterocycles. The number of ether oxygens (including phenoxy) is 1. The van der Waals surface area contributed by atoms with Gasteiger partial charge in [0.05, 0.1) is 13.5 Å². The SMILES string of the molecule is COC(=O)CC=Cc1cc(N)cc(F)c1. The van der Waals surface area contributed by atoms with Gasteiger partial charge in [-0.3, -0.25) is 4.79 Å². The summed E-state index contributed by atoms with van der Waals surface area (Å²) in [6, 6.07) is 4.19. The van der Waals surface area contributed by atoms with Crippen LogP contribution in [0.2, 0.25) is 0 Å². The average Bonchev–Trinajstić information content (AvgIpc) is 2.16. The number of nitrogen functional groups attached to an aromatic ring is 1. The van der Waals surface area contributed by atoms with Crippen LogP contribution in [0.1, 0.15) is 12.0 Å². The van der Waals surface area contributed by atoms with Gasteiger partial charge in [-0.15, -0.1) is 0 Å². The number of nitrogens with two attached hydrogens (primary N) is 1. The highest BCUT2D eigenvalue weighted by atomic mass is 19.1. The molecular weight excluding hydrogens is 197 g/mol. The Morgan fingerprint density at radius 3 is 2.87 bits per heavy atom. The van der Waals surface area contributed by atoms with Gasteiger partial charge in [0.1, 0.15) is 5.82 Å². The molecule has 4 heteroatoms. The molecule has 0 aliphatic rings. The first-order chi connectivity index (χ1) is 7.11. The Hall–Kier alpha value is -1.84. The van der Waals surface area contributed by atoms with Crippen molar-refractivity contribution in [3.05, 3.63) is 35.7 Å². The van der Waals surface area contributed by atoms with Gasteiger partial charge in [-0.05, 0) is 23.8 Å². The minimum Gasteiger partial charge on any atom is -0.469 e. The van der Waals surface area contributed by atoms with Crippen molar-refractivity contribution in [2.75, 3.05) is 12.8 Å². The first kappa shape index (κ1) is 11.2. The van der Waals surface area contributed by atoms with Crippen molar-refractivity contribution in [3.63, 3.8) is 0 Å². The maximum Gasteiger partial charge on any atom is 0.309 e. The van der Waals surface area contributed by atoms with Crippen LogP contribution in [0.25, 0.3) is 6.08 Å². The molecule has 1 aromatic carbocycles. The lowest BCUT2D eigenvalue weighted by atomic mass is 10.1. The molecule has 1 rings (SSSR count). The van der Waals surface area contributed by atoms with E-state index in [9.17, 15) is 9.18 Å². The predicted molar refractivity (Wildman–Crippen MR) is 56.5 cm³/mol. The molecule has 80 valence electrons. The molecule has 0 saturated carbocycles. The molecule has 0 aliphatic carbocycles. The first-order valence-electron chi connectivity index (χ1n) is 4.41. The van der Waals surface area contributed by atoms with Gasteiger partial charge in [0.25, 0.3) is 0 Å². The van der Waals surface area contributed by atoms with E-state index in [2.05, 4.69) is 4.74 Å². The summed E-state index contributed by atoms with van der Waals surface area (Å²) in [5.74, 6) is -0.733. The smallest absolute Gasteiger partial charge is 0.309 e. The molecule has 0 unspecified atom stereocenters. The van der Waals surface area contributed by atoms with Crippen LogP contribution in [0.5, 0.6) is 0 Å². The fraction of sp³-hybridized carbons (Fsp3) is 0.182. The summed E-state index contributed by atoms with van der Waals surface area (Å²) in [4.78, 5) is 10.8. The van der Waals surface area contributed by atoms with E-state index in [1.165, 1.54) is 19.2 Å². The Bertz CT molecular complexity index is 368. The van der Waals surface area contributed by atoms with Gasteiger partial charge < -0.3 is 10.5 Å². The number of esters is 1. The number of carbonyl (C=O) groups excluding carboxylic acids is 1. The van der Waals surface area contributed by atoms with Crippen molar-refractivity contribution >= 4 is 17.7 Å². The van der Waals surface area contributed by atoms with Gasteiger partial charge >= 0.3 is 5.97 Å². The summed E-state index contributed by atoms with van der Waals surface area (Å²) in [5.41, 5.74) is 6.43. The molecule has 0 radical (unpaired) electrons. The molecule has 2 N–H and O–H groups in total. The maximum atomic E-state index is 12.9. The zero-order valence-corrected chi connectivity index (χ0v) is 8.37. The van der Waals surface area contributed by atoms with Crippen LogP contribution in [0.3, 0.4) is 0 Å². The minimum absolute atomic E-state index is 0.160. The molecule has 0 atom stereocenters. The van der Waals surface area contributed by atoms with Crippen LogP contribution in [-0.2, 0) is 9.53 Å². The van der Waals surface area contributed by atoms with Crippen LogP contribution in [0.15, 0.2) is 24.3 Å². The largest absolute Gasteiger partial charge is 0.469 e. The average molecular weight is 209 g/mol. The number of hydrogen-bond donors (Lipinski definition) is 1. The lowest BCUT2D eigenvalue weighted by Gasteiger charge is -1.97. The van der Waals surface area contributed by atoms with Crippen LogP contribution in [0, 0.1) is 5.82 Å². The van der Waals surface area contributed by atoms with Crippen LogP contribution in [-0.4, -0.2) is 13.1 Å². The van der Waals surface area contributed by atoms with Gasteiger partial charge in [0.15, 0.2) is 0 Å². The molecule has 0 aliphatic heterocycles. The van der Waals surface area contributed by atoms with Crippen molar-refractivity contribution in [3.8, 4) is 0 Å². The molecule has 0 spiro atoms. The summed E-state index contributed by atoms with van der Waals surface area (Å²) < 4.78 is 17.3. The zero-order chi connectivity index (χ0) is 11.3. The summed E-state index contributed by atoms with van der Waals surface area (Å²) in [5, 5.41) is 0. The highest BCUT2D eigenvalue weighted by molar-refractivity contribution is 5.72. The molecule has 1 aromatic rings. The molecule has 0 heterocycles. The summed E-state index contributed by atoms with van der Waals surface area (Å²) in [6.45, 7) is 0. The number of hydrogen-bond acceptors (Lipinski definition) is 3. The topological polar surface area (TPSA) is 52.3 Å². The second kappa shape index (κ2) is 5.14. The van der Waals surface area contributed by atoms with Gasteiger partial charge in [-0.2, -0.15) is 0 Å². The fourth-order valence-electron chi connectivity index (χ4n) is 1.11. The fourth-order valence-corrected chi connectivity index (χ4v) is 1.11. The van der Waals surface area contributed by atoms with E-state index in [1.54, 1.807) is 18.2 Å². The molecule has 0 saturated heterocycles. The molecule has 0 amide bonds. The van der Waals surface area contributed by atoms with E-state index < -0.39 is 5.82 Å². The van der Waals surface area contributed by atoms with Crippen molar-refractivity contribution in [2.24, 2.45) is 0 Å². The monoisotopic (exact) mass is 209 g/mol. The molecule has 0 bridgehead atoms. The second-order valence-electron chi connectivity index (χ2n) is 3.00. The van der Waals surface area contributed by atoms with Gasteiger partial charge in [-0.25, -0.2) is 4.39 Å². The van der Waals surface area contributed by atoms with Gasteiger partial charge in [0, 0.05) is 5.69 Å². The standard InChI is InChI=1S/C11H12FNO2/c1-15-11(14)4-2-3-8-5-9(12)7-10(13)6-8/h2-3,5-7H,4,13H2,1H3. The highest BCUT2D eigenvalue weighted by Gasteiger charge is 1.97. The van der Waals surface area contributed by atoms with Crippen LogP contribution in [0.4, 0.5) is 10.1 Å². The first-order valence-corrected chi connectivity index (χ1v) is 4.41. The van der Waals surface area contributed by atoms with Crippen LogP contribution >= 0.6 is 0 Å². The van der Waals surface area contributed by atoms with Gasteiger partial charge in [-0.1, -0.05) is 12.2 Å². The highest BCUT2D eigenvalue weighted by Crippen LogP contribution is 2.12. The van der Waals surface area contributed by atoms with E-state index in [4.69, 9.17) is 5.73 Å². The van der Waals surface area contributed by atoms with Crippen molar-refractivity contribution < 1.29 is 13.9 Å². The number of methoxy groups -OCH3 is 1. The lowest BCUT2D eigenvalue weighted by molar-refractivity contribution is -0.139. The molecule has 15 heavy (non-hydrogen) atoms. The van der Waals surface area contributed by atoms with Gasteiger partial charge in [0.2, 0.25) is 0 Å². The third-order valence-electron chi connectivity index (χ3n) is 1.76. The quantitative estimate of drug-likeness (QED) is 0.611. The summed E-state index contributed by atoms with van der Waals surface area (Å²) in [6.07, 6.45) is 3.38. The number of halogens is 1. The van der Waals surface area contributed by atoms with E-state index in [0.29, 0.717) is 11.3 Å². The molecule has 0 fully saturated rings. The molecule has 3 nitrogen and oxygen atoms in total. The Balaban J connectivity index is 2.68. The second-order valence-corrected chi connectivity index (χ2v) is 3.00. The van der Waals surface area contributed by atoms with E-state index in [1.807, 2.05) is 0 Å². The maximum absolute atomic E-state index is 12.9. The summed E-state index contributed by atoms with van der Waals surface area (Å²) >= 11 is 0. The van der Waals surface area contributed by atoms with E-state index >= 15 is 0 Å². The van der Waals surface area contributed by atoms with Crippen molar-refractivity contribution in [2.45, 2.75) is 6.42 Å². The van der Waals surface area contributed by atoms with E-state index in [-0.39, 0.29) is 12.4 Å². The zero-order valence-electron chi connectivity index (χ0n) is 8.37. The minimum atomic E-state index is -0.396. The lowest BCUT2D eigenvalue weighted by Crippen LogP contribution is -1.96. The van der Waals surface area contributed by atoms with E-state index in [0.717, 1.165) is 0 Å². The Kier molecular flexibility index (Phi) is 3.85. The van der Waals surface area contributed by atoms with Crippen LogP contribution < -0.4 is 5.73 Å². The molecular formula is C11H12FNO2. The normalized spacial score (nSPS) is 10.5. The number of benzene rings is 1.